The number of carbonyl (C=O) groups excluding carboxylic acids is 1. The monoisotopic (exact) mass is 316 g/mol. The maximum atomic E-state index is 12.1. The molecule has 0 heterocycles. The van der Waals surface area contributed by atoms with E-state index in [1.807, 2.05) is 0 Å². The van der Waals surface area contributed by atoms with Crippen LogP contribution in [0.3, 0.4) is 0 Å². The average molecular weight is 316 g/mol. The first kappa shape index (κ1) is 18.0. The first-order chi connectivity index (χ1) is 10.9. The molecular formula is C21H32O2. The molecule has 0 radical (unpaired) electrons. The molecule has 0 aliphatic heterocycles. The Morgan fingerprint density at radius 2 is 2.04 bits per heavy atom. The van der Waals surface area contributed by atoms with E-state index in [1.54, 1.807) is 0 Å². The van der Waals surface area contributed by atoms with Gasteiger partial charge in [0.2, 0.25) is 0 Å². The molecule has 128 valence electrons. The van der Waals surface area contributed by atoms with Crippen LogP contribution in [0.2, 0.25) is 0 Å². The maximum Gasteiger partial charge on any atom is 0.333 e. The van der Waals surface area contributed by atoms with E-state index in [1.165, 1.54) is 31.1 Å². The van der Waals surface area contributed by atoms with E-state index in [0.29, 0.717) is 11.8 Å². The molecule has 0 unspecified atom stereocenters. The molecule has 1 fully saturated rings. The Morgan fingerprint density at radius 3 is 2.74 bits per heavy atom. The summed E-state index contributed by atoms with van der Waals surface area (Å²) in [6.45, 7) is 11.4. The number of ether oxygens (including phenoxy) is 1. The maximum absolute atomic E-state index is 12.1. The molecule has 3 atom stereocenters. The minimum atomic E-state index is -0.169. The largest absolute Gasteiger partial charge is 0.466 e. The van der Waals surface area contributed by atoms with Gasteiger partial charge in [-0.1, -0.05) is 43.7 Å². The Bertz CT molecular complexity index is 526. The molecule has 2 rings (SSSR count). The second kappa shape index (κ2) is 7.51. The summed E-state index contributed by atoms with van der Waals surface area (Å²) in [5.41, 5.74) is 3.77. The summed E-state index contributed by atoms with van der Waals surface area (Å²) in [7, 11) is 1.48. The van der Waals surface area contributed by atoms with Crippen LogP contribution in [0, 0.1) is 17.3 Å². The van der Waals surface area contributed by atoms with Crippen molar-refractivity contribution in [1.29, 1.82) is 0 Å². The van der Waals surface area contributed by atoms with Gasteiger partial charge in [-0.05, 0) is 69.1 Å². The van der Waals surface area contributed by atoms with Gasteiger partial charge >= 0.3 is 5.97 Å². The summed E-state index contributed by atoms with van der Waals surface area (Å²) < 4.78 is 4.99. The van der Waals surface area contributed by atoms with Crippen molar-refractivity contribution >= 4 is 5.97 Å². The second-order valence-electron chi connectivity index (χ2n) is 7.66. The topological polar surface area (TPSA) is 26.3 Å². The third-order valence-electron chi connectivity index (χ3n) is 6.30. The van der Waals surface area contributed by atoms with Crippen molar-refractivity contribution in [3.63, 3.8) is 0 Å². The van der Waals surface area contributed by atoms with Gasteiger partial charge in [-0.15, -0.1) is 0 Å². The van der Waals surface area contributed by atoms with Crippen LogP contribution < -0.4 is 0 Å². The van der Waals surface area contributed by atoms with Gasteiger partial charge in [-0.3, -0.25) is 0 Å². The number of carbonyl (C=O) groups is 1. The van der Waals surface area contributed by atoms with E-state index in [0.717, 1.165) is 37.7 Å². The fourth-order valence-electron chi connectivity index (χ4n) is 4.13. The van der Waals surface area contributed by atoms with Crippen LogP contribution in [0.25, 0.3) is 0 Å². The Morgan fingerprint density at radius 1 is 1.30 bits per heavy atom. The van der Waals surface area contributed by atoms with Gasteiger partial charge in [0.15, 0.2) is 0 Å². The predicted octanol–water partition coefficient (Wildman–Crippen LogP) is 5.60. The van der Waals surface area contributed by atoms with Crippen LogP contribution >= 0.6 is 0 Å². The van der Waals surface area contributed by atoms with Crippen molar-refractivity contribution in [2.75, 3.05) is 7.11 Å². The molecule has 0 saturated heterocycles. The number of esters is 1. The normalized spacial score (nSPS) is 37.5. The minimum absolute atomic E-state index is 0.122. The molecule has 0 N–H and O–H groups in total. The van der Waals surface area contributed by atoms with Crippen LogP contribution in [-0.2, 0) is 9.53 Å². The number of fused-ring (bicyclic) bond motifs is 2. The van der Waals surface area contributed by atoms with Crippen molar-refractivity contribution in [3.8, 4) is 0 Å². The zero-order chi connectivity index (χ0) is 17.0. The van der Waals surface area contributed by atoms with Crippen molar-refractivity contribution < 1.29 is 9.53 Å². The Hall–Kier alpha value is -1.31. The van der Waals surface area contributed by atoms with E-state index in [-0.39, 0.29) is 11.4 Å². The highest BCUT2D eigenvalue weighted by Crippen LogP contribution is 2.51. The number of allylic oxidation sites excluding steroid dienone is 4. The predicted molar refractivity (Wildman–Crippen MR) is 96.1 cm³/mol. The molecule has 0 amide bonds. The van der Waals surface area contributed by atoms with E-state index in [2.05, 4.69) is 39.5 Å². The molecule has 0 aromatic heterocycles. The van der Waals surface area contributed by atoms with E-state index in [9.17, 15) is 4.79 Å². The molecule has 2 bridgehead atoms. The standard InChI is InChI=1S/C21H32O2/c1-15-7-6-8-19(20(22)23-5)13-14-21(4)16(2)10-12-18(11-9-15)17(21)3/h8-9,16,18H,3,6-7,10-14H2,1-2,4-5H3/b15-9+,19-8-/t16-,18-,21+/m0/s1. The number of rotatable bonds is 1. The molecule has 2 aliphatic rings. The number of hydrogen-bond donors (Lipinski definition) is 0. The van der Waals surface area contributed by atoms with Crippen LogP contribution in [0.15, 0.2) is 35.5 Å². The highest BCUT2D eigenvalue weighted by Gasteiger charge is 2.40. The Labute approximate surface area is 141 Å². The summed E-state index contributed by atoms with van der Waals surface area (Å²) in [4.78, 5) is 12.1. The lowest BCUT2D eigenvalue weighted by Crippen LogP contribution is -2.36. The highest BCUT2D eigenvalue weighted by molar-refractivity contribution is 5.88. The lowest BCUT2D eigenvalue weighted by atomic mass is 9.59. The molecule has 23 heavy (non-hydrogen) atoms. The molecule has 0 aromatic rings. The van der Waals surface area contributed by atoms with Gasteiger partial charge in [-0.25, -0.2) is 4.79 Å². The Balaban J connectivity index is 2.32. The van der Waals surface area contributed by atoms with Crippen LogP contribution in [0.4, 0.5) is 0 Å². The van der Waals surface area contributed by atoms with Crippen LogP contribution in [0.1, 0.15) is 65.7 Å². The lowest BCUT2D eigenvalue weighted by molar-refractivity contribution is -0.136. The quantitative estimate of drug-likeness (QED) is 0.464. The minimum Gasteiger partial charge on any atom is -0.466 e. The molecule has 2 nitrogen and oxygen atoms in total. The molecule has 0 spiro atoms. The summed E-state index contributed by atoms with van der Waals surface area (Å²) in [5, 5.41) is 0. The van der Waals surface area contributed by atoms with E-state index in [4.69, 9.17) is 4.74 Å². The van der Waals surface area contributed by atoms with Gasteiger partial charge < -0.3 is 4.74 Å². The van der Waals surface area contributed by atoms with Crippen molar-refractivity contribution in [3.05, 3.63) is 35.5 Å². The number of hydrogen-bond acceptors (Lipinski definition) is 2. The van der Waals surface area contributed by atoms with Crippen molar-refractivity contribution in [2.45, 2.75) is 65.7 Å². The fourth-order valence-corrected chi connectivity index (χ4v) is 4.13. The fraction of sp³-hybridized carbons (Fsp3) is 0.667. The zero-order valence-corrected chi connectivity index (χ0v) is 15.3. The van der Waals surface area contributed by atoms with Gasteiger partial charge in [0.1, 0.15) is 0 Å². The van der Waals surface area contributed by atoms with Gasteiger partial charge in [-0.2, -0.15) is 0 Å². The summed E-state index contributed by atoms with van der Waals surface area (Å²) in [5.74, 6) is 1.05. The van der Waals surface area contributed by atoms with Crippen LogP contribution in [-0.4, -0.2) is 13.1 Å². The highest BCUT2D eigenvalue weighted by atomic mass is 16.5. The zero-order valence-electron chi connectivity index (χ0n) is 15.3. The third-order valence-corrected chi connectivity index (χ3v) is 6.30. The SMILES string of the molecule is C=C1[C@H]2C/C=C(\C)CC/C=C(\C(=O)OC)CC[C@]1(C)[C@@H](C)CC2. The van der Waals surface area contributed by atoms with Crippen molar-refractivity contribution in [1.82, 2.24) is 0 Å². The first-order valence-electron chi connectivity index (χ1n) is 9.00. The Kier molecular flexibility index (Phi) is 5.89. The molecule has 2 aliphatic carbocycles. The van der Waals surface area contributed by atoms with Gasteiger partial charge in [0.05, 0.1) is 7.11 Å². The lowest BCUT2D eigenvalue weighted by Gasteiger charge is -2.46. The van der Waals surface area contributed by atoms with Crippen LogP contribution in [0.5, 0.6) is 0 Å². The second-order valence-corrected chi connectivity index (χ2v) is 7.66. The molecular weight excluding hydrogens is 284 g/mol. The van der Waals surface area contributed by atoms with Gasteiger partial charge in [0.25, 0.3) is 0 Å². The third kappa shape index (κ3) is 3.97. The molecule has 2 heteroatoms. The summed E-state index contributed by atoms with van der Waals surface area (Å²) in [6.07, 6.45) is 11.8. The smallest absolute Gasteiger partial charge is 0.333 e. The summed E-state index contributed by atoms with van der Waals surface area (Å²) in [6, 6.07) is 0. The molecule has 0 aromatic carbocycles. The van der Waals surface area contributed by atoms with Crippen molar-refractivity contribution in [2.24, 2.45) is 17.3 Å². The first-order valence-corrected chi connectivity index (χ1v) is 9.00. The molecule has 1 saturated carbocycles. The van der Waals surface area contributed by atoms with Gasteiger partial charge in [0, 0.05) is 5.57 Å². The summed E-state index contributed by atoms with van der Waals surface area (Å²) >= 11 is 0. The van der Waals surface area contributed by atoms with E-state index < -0.39 is 0 Å². The number of methoxy groups -OCH3 is 1. The van der Waals surface area contributed by atoms with E-state index >= 15 is 0 Å². The average Bonchev–Trinajstić information content (AvgIpc) is 2.54.